The van der Waals surface area contributed by atoms with Crippen molar-refractivity contribution in [2.75, 3.05) is 5.43 Å². The molecule has 5 nitrogen and oxygen atoms in total. The lowest BCUT2D eigenvalue weighted by Gasteiger charge is -2.02. The molecular formula is C9H9N5. The van der Waals surface area contributed by atoms with E-state index in [1.165, 1.54) is 12.7 Å². The zero-order chi connectivity index (χ0) is 9.80. The molecule has 0 radical (unpaired) electrons. The fraction of sp³-hybridized carbons (Fsp3) is 0. The minimum absolute atomic E-state index is 0.636. The Morgan fingerprint density at radius 2 is 1.93 bits per heavy atom. The van der Waals surface area contributed by atoms with Crippen LogP contribution in [0, 0.1) is 0 Å². The van der Waals surface area contributed by atoms with E-state index in [0.29, 0.717) is 5.82 Å². The number of hydrogen-bond acceptors (Lipinski definition) is 5. The smallest absolute Gasteiger partial charge is 0.162 e. The Balaban J connectivity index is 2.42. The second-order valence-electron chi connectivity index (χ2n) is 2.69. The summed E-state index contributed by atoms with van der Waals surface area (Å²) in [5, 5.41) is 0. The van der Waals surface area contributed by atoms with Crippen LogP contribution in [0.1, 0.15) is 0 Å². The molecule has 0 amide bonds. The van der Waals surface area contributed by atoms with Crippen LogP contribution in [0.15, 0.2) is 36.9 Å². The number of hydrogen-bond donors (Lipinski definition) is 2. The molecule has 3 N–H and O–H groups in total. The second-order valence-corrected chi connectivity index (χ2v) is 2.69. The van der Waals surface area contributed by atoms with Gasteiger partial charge in [0.05, 0.1) is 0 Å². The van der Waals surface area contributed by atoms with Crippen LogP contribution in [-0.4, -0.2) is 15.0 Å². The Morgan fingerprint density at radius 1 is 1.14 bits per heavy atom. The van der Waals surface area contributed by atoms with E-state index >= 15 is 0 Å². The molecule has 0 aliphatic carbocycles. The molecule has 0 bridgehead atoms. The summed E-state index contributed by atoms with van der Waals surface area (Å²) < 4.78 is 0. The number of benzene rings is 1. The Morgan fingerprint density at radius 3 is 2.64 bits per heavy atom. The highest BCUT2D eigenvalue weighted by Gasteiger charge is 1.99. The maximum atomic E-state index is 5.29. The highest BCUT2D eigenvalue weighted by atomic mass is 15.2. The topological polar surface area (TPSA) is 76.7 Å². The number of anilines is 1. The van der Waals surface area contributed by atoms with Crippen molar-refractivity contribution < 1.29 is 0 Å². The molecule has 0 unspecified atom stereocenters. The number of nitrogens with two attached hydrogens (primary N) is 1. The van der Waals surface area contributed by atoms with E-state index in [1.54, 1.807) is 0 Å². The van der Waals surface area contributed by atoms with Gasteiger partial charge in [-0.3, -0.25) is 5.84 Å². The lowest BCUT2D eigenvalue weighted by atomic mass is 10.2. The van der Waals surface area contributed by atoms with Gasteiger partial charge in [-0.2, -0.15) is 0 Å². The predicted octanol–water partition coefficient (Wildman–Crippen LogP) is 0.824. The molecule has 0 saturated carbocycles. The van der Waals surface area contributed by atoms with Gasteiger partial charge >= 0.3 is 0 Å². The van der Waals surface area contributed by atoms with Crippen LogP contribution >= 0.6 is 0 Å². The Hall–Kier alpha value is -2.01. The molecule has 0 fully saturated rings. The summed E-state index contributed by atoms with van der Waals surface area (Å²) in [7, 11) is 0. The fourth-order valence-corrected chi connectivity index (χ4v) is 1.14. The third-order valence-corrected chi connectivity index (χ3v) is 1.78. The standard InChI is InChI=1S/C9H9N5/c10-14-8-3-1-2-7(4-8)9-12-5-11-6-13-9/h1-6,14H,10H2. The minimum Gasteiger partial charge on any atom is -0.324 e. The maximum Gasteiger partial charge on any atom is 0.162 e. The summed E-state index contributed by atoms with van der Waals surface area (Å²) in [6.07, 6.45) is 2.93. The van der Waals surface area contributed by atoms with Crippen LogP contribution in [-0.2, 0) is 0 Å². The van der Waals surface area contributed by atoms with Crippen molar-refractivity contribution in [3.8, 4) is 11.4 Å². The van der Waals surface area contributed by atoms with Gasteiger partial charge < -0.3 is 5.43 Å². The lowest BCUT2D eigenvalue weighted by Crippen LogP contribution is -2.06. The number of aromatic nitrogens is 3. The van der Waals surface area contributed by atoms with Crippen LogP contribution in [0.25, 0.3) is 11.4 Å². The number of nitrogens with one attached hydrogen (secondary N) is 1. The first kappa shape index (κ1) is 8.58. The Kier molecular flexibility index (Phi) is 2.33. The van der Waals surface area contributed by atoms with E-state index in [9.17, 15) is 0 Å². The first-order valence-corrected chi connectivity index (χ1v) is 4.09. The molecule has 1 aromatic heterocycles. The first-order chi connectivity index (χ1) is 6.90. The fourth-order valence-electron chi connectivity index (χ4n) is 1.14. The quantitative estimate of drug-likeness (QED) is 0.537. The number of rotatable bonds is 2. The molecule has 2 rings (SSSR count). The molecule has 1 aromatic carbocycles. The molecule has 1 heterocycles. The van der Waals surface area contributed by atoms with Gasteiger partial charge in [-0.05, 0) is 12.1 Å². The number of nitrogen functional groups attached to an aromatic ring is 1. The third kappa shape index (κ3) is 1.67. The number of hydrazine groups is 1. The molecule has 0 aliphatic heterocycles. The van der Waals surface area contributed by atoms with Gasteiger partial charge in [-0.1, -0.05) is 12.1 Å². The van der Waals surface area contributed by atoms with Gasteiger partial charge in [-0.25, -0.2) is 15.0 Å². The molecule has 14 heavy (non-hydrogen) atoms. The van der Waals surface area contributed by atoms with Crippen molar-refractivity contribution in [3.05, 3.63) is 36.9 Å². The van der Waals surface area contributed by atoms with Crippen molar-refractivity contribution in [1.82, 2.24) is 15.0 Å². The molecule has 0 atom stereocenters. The highest BCUT2D eigenvalue weighted by molar-refractivity contribution is 5.61. The van der Waals surface area contributed by atoms with E-state index in [0.717, 1.165) is 11.3 Å². The van der Waals surface area contributed by atoms with Crippen LogP contribution < -0.4 is 11.3 Å². The van der Waals surface area contributed by atoms with Crippen molar-refractivity contribution in [1.29, 1.82) is 0 Å². The summed E-state index contributed by atoms with van der Waals surface area (Å²) in [5.41, 5.74) is 4.29. The SMILES string of the molecule is NNc1cccc(-c2ncncn2)c1. The number of nitrogens with zero attached hydrogens (tertiary/aromatic N) is 3. The highest BCUT2D eigenvalue weighted by Crippen LogP contribution is 2.17. The van der Waals surface area contributed by atoms with Crippen LogP contribution in [0.3, 0.4) is 0 Å². The second kappa shape index (κ2) is 3.80. The van der Waals surface area contributed by atoms with Crippen LogP contribution in [0.4, 0.5) is 5.69 Å². The van der Waals surface area contributed by atoms with Gasteiger partial charge in [0, 0.05) is 11.3 Å². The zero-order valence-corrected chi connectivity index (χ0v) is 7.38. The van der Waals surface area contributed by atoms with E-state index in [-0.39, 0.29) is 0 Å². The summed E-state index contributed by atoms with van der Waals surface area (Å²) in [6, 6.07) is 7.53. The molecule has 2 aromatic rings. The molecule has 5 heteroatoms. The normalized spacial score (nSPS) is 9.79. The Labute approximate surface area is 81.0 Å². The van der Waals surface area contributed by atoms with E-state index in [4.69, 9.17) is 5.84 Å². The average Bonchev–Trinajstić information content (AvgIpc) is 2.30. The predicted molar refractivity (Wildman–Crippen MR) is 53.1 cm³/mol. The van der Waals surface area contributed by atoms with Crippen molar-refractivity contribution in [2.45, 2.75) is 0 Å². The van der Waals surface area contributed by atoms with E-state index < -0.39 is 0 Å². The molecule has 0 saturated heterocycles. The first-order valence-electron chi connectivity index (χ1n) is 4.09. The summed E-state index contributed by atoms with van der Waals surface area (Å²) in [4.78, 5) is 11.8. The van der Waals surface area contributed by atoms with Crippen molar-refractivity contribution in [3.63, 3.8) is 0 Å². The van der Waals surface area contributed by atoms with Gasteiger partial charge in [0.15, 0.2) is 5.82 Å². The van der Waals surface area contributed by atoms with Gasteiger partial charge in [0.25, 0.3) is 0 Å². The van der Waals surface area contributed by atoms with Crippen molar-refractivity contribution >= 4 is 5.69 Å². The molecular weight excluding hydrogens is 178 g/mol. The van der Waals surface area contributed by atoms with Gasteiger partial charge in [-0.15, -0.1) is 0 Å². The monoisotopic (exact) mass is 187 g/mol. The summed E-state index contributed by atoms with van der Waals surface area (Å²) in [5.74, 6) is 5.93. The zero-order valence-electron chi connectivity index (χ0n) is 7.38. The minimum atomic E-state index is 0.636. The van der Waals surface area contributed by atoms with E-state index in [2.05, 4.69) is 20.4 Å². The van der Waals surface area contributed by atoms with Crippen LogP contribution in [0.2, 0.25) is 0 Å². The van der Waals surface area contributed by atoms with Crippen molar-refractivity contribution in [2.24, 2.45) is 5.84 Å². The largest absolute Gasteiger partial charge is 0.324 e. The lowest BCUT2D eigenvalue weighted by molar-refractivity contribution is 1.06. The maximum absolute atomic E-state index is 5.29. The average molecular weight is 187 g/mol. The molecule has 70 valence electrons. The third-order valence-electron chi connectivity index (χ3n) is 1.78. The van der Waals surface area contributed by atoms with E-state index in [1.807, 2.05) is 24.3 Å². The van der Waals surface area contributed by atoms with Crippen LogP contribution in [0.5, 0.6) is 0 Å². The Bertz CT molecular complexity index is 415. The summed E-state index contributed by atoms with van der Waals surface area (Å²) in [6.45, 7) is 0. The summed E-state index contributed by atoms with van der Waals surface area (Å²) >= 11 is 0. The molecule has 0 aliphatic rings. The van der Waals surface area contributed by atoms with Gasteiger partial charge in [0.2, 0.25) is 0 Å². The molecule has 0 spiro atoms. The van der Waals surface area contributed by atoms with Gasteiger partial charge in [0.1, 0.15) is 12.7 Å².